The molecule has 0 spiro atoms. The first kappa shape index (κ1) is 12.7. The van der Waals surface area contributed by atoms with Crippen LogP contribution in [0.4, 0.5) is 0 Å². The fourth-order valence-corrected chi connectivity index (χ4v) is 3.24. The summed E-state index contributed by atoms with van der Waals surface area (Å²) < 4.78 is 10.9. The second kappa shape index (κ2) is 5.37. The van der Waals surface area contributed by atoms with Crippen LogP contribution in [0.5, 0.6) is 11.5 Å². The van der Waals surface area contributed by atoms with Gasteiger partial charge in [-0.15, -0.1) is 0 Å². The summed E-state index contributed by atoms with van der Waals surface area (Å²) in [6, 6.07) is 10.9. The van der Waals surface area contributed by atoms with E-state index in [1.165, 1.54) is 24.0 Å². The molecule has 0 amide bonds. The van der Waals surface area contributed by atoms with Gasteiger partial charge in [0.15, 0.2) is 11.5 Å². The first-order valence-corrected chi connectivity index (χ1v) is 7.43. The quantitative estimate of drug-likeness (QED) is 0.866. The van der Waals surface area contributed by atoms with E-state index in [1.54, 1.807) is 0 Å². The van der Waals surface area contributed by atoms with Crippen molar-refractivity contribution in [2.75, 3.05) is 13.3 Å². The molecule has 1 aromatic carbocycles. The van der Waals surface area contributed by atoms with Crippen molar-refractivity contribution in [1.82, 2.24) is 9.88 Å². The third-order valence-corrected chi connectivity index (χ3v) is 4.25. The molecule has 1 saturated heterocycles. The Morgan fingerprint density at radius 2 is 2.14 bits per heavy atom. The van der Waals surface area contributed by atoms with Crippen LogP contribution >= 0.6 is 0 Å². The number of ether oxygens (including phenoxy) is 2. The zero-order valence-electron chi connectivity index (χ0n) is 11.9. The molecule has 1 atom stereocenters. The van der Waals surface area contributed by atoms with Crippen LogP contribution in [0.1, 0.15) is 30.0 Å². The molecule has 0 aliphatic carbocycles. The number of hydrogen-bond acceptors (Lipinski definition) is 4. The smallest absolute Gasteiger partial charge is 0.231 e. The van der Waals surface area contributed by atoms with Crippen molar-refractivity contribution in [3.63, 3.8) is 0 Å². The second-order valence-electron chi connectivity index (χ2n) is 5.60. The molecule has 1 aromatic heterocycles. The molecule has 2 aromatic rings. The van der Waals surface area contributed by atoms with Crippen molar-refractivity contribution in [3.05, 3.63) is 53.9 Å². The normalized spacial score (nSPS) is 20.9. The Morgan fingerprint density at radius 1 is 1.19 bits per heavy atom. The minimum Gasteiger partial charge on any atom is -0.454 e. The summed E-state index contributed by atoms with van der Waals surface area (Å²) in [6.07, 6.45) is 6.21. The third-order valence-electron chi connectivity index (χ3n) is 4.25. The van der Waals surface area contributed by atoms with E-state index in [1.807, 2.05) is 24.5 Å². The Bertz CT molecular complexity index is 630. The molecule has 4 rings (SSSR count). The lowest BCUT2D eigenvalue weighted by atomic mass is 10.0. The molecule has 0 N–H and O–H groups in total. The van der Waals surface area contributed by atoms with Crippen molar-refractivity contribution < 1.29 is 9.47 Å². The summed E-state index contributed by atoms with van der Waals surface area (Å²) in [5.74, 6) is 1.73. The first-order chi connectivity index (χ1) is 10.4. The van der Waals surface area contributed by atoms with E-state index in [-0.39, 0.29) is 0 Å². The van der Waals surface area contributed by atoms with E-state index in [0.29, 0.717) is 12.8 Å². The molecule has 4 nitrogen and oxygen atoms in total. The van der Waals surface area contributed by atoms with Gasteiger partial charge in [-0.2, -0.15) is 0 Å². The SMILES string of the molecule is c1cncc(CN2CCCC2c2ccc3c(c2)OCO3)c1. The van der Waals surface area contributed by atoms with Crippen LogP contribution in [0.15, 0.2) is 42.7 Å². The molecule has 3 heterocycles. The Balaban J connectivity index is 1.56. The van der Waals surface area contributed by atoms with Crippen molar-refractivity contribution >= 4 is 0 Å². The molecule has 0 saturated carbocycles. The van der Waals surface area contributed by atoms with Crippen molar-refractivity contribution in [1.29, 1.82) is 0 Å². The minimum atomic E-state index is 0.336. The van der Waals surface area contributed by atoms with Gasteiger partial charge < -0.3 is 9.47 Å². The zero-order chi connectivity index (χ0) is 14.1. The number of hydrogen-bond donors (Lipinski definition) is 0. The molecule has 108 valence electrons. The van der Waals surface area contributed by atoms with E-state index in [9.17, 15) is 0 Å². The van der Waals surface area contributed by atoms with Gasteiger partial charge in [0.05, 0.1) is 0 Å². The number of likely N-dealkylation sites (tertiary alicyclic amines) is 1. The maximum Gasteiger partial charge on any atom is 0.231 e. The summed E-state index contributed by atoms with van der Waals surface area (Å²) in [7, 11) is 0. The van der Waals surface area contributed by atoms with E-state index in [0.717, 1.165) is 24.6 Å². The molecule has 0 bridgehead atoms. The molecule has 1 unspecified atom stereocenters. The van der Waals surface area contributed by atoms with Crippen LogP contribution in [0.3, 0.4) is 0 Å². The van der Waals surface area contributed by atoms with Gasteiger partial charge in [0.1, 0.15) is 0 Å². The van der Waals surface area contributed by atoms with E-state index in [4.69, 9.17) is 9.47 Å². The predicted molar refractivity (Wildman–Crippen MR) is 79.2 cm³/mol. The lowest BCUT2D eigenvalue weighted by Crippen LogP contribution is -2.22. The average Bonchev–Trinajstić information content (AvgIpc) is 3.16. The number of benzene rings is 1. The first-order valence-electron chi connectivity index (χ1n) is 7.43. The van der Waals surface area contributed by atoms with Gasteiger partial charge in [-0.3, -0.25) is 9.88 Å². The van der Waals surface area contributed by atoms with Crippen molar-refractivity contribution in [2.24, 2.45) is 0 Å². The summed E-state index contributed by atoms with van der Waals surface area (Å²) >= 11 is 0. The fraction of sp³-hybridized carbons (Fsp3) is 0.353. The lowest BCUT2D eigenvalue weighted by Gasteiger charge is -2.25. The van der Waals surface area contributed by atoms with Gasteiger partial charge >= 0.3 is 0 Å². The fourth-order valence-electron chi connectivity index (χ4n) is 3.24. The lowest BCUT2D eigenvalue weighted by molar-refractivity contribution is 0.174. The number of aromatic nitrogens is 1. The van der Waals surface area contributed by atoms with E-state index in [2.05, 4.69) is 28.1 Å². The zero-order valence-corrected chi connectivity index (χ0v) is 11.9. The molecule has 2 aliphatic rings. The highest BCUT2D eigenvalue weighted by Crippen LogP contribution is 2.39. The van der Waals surface area contributed by atoms with Gasteiger partial charge in [0.2, 0.25) is 6.79 Å². The molecule has 0 radical (unpaired) electrons. The summed E-state index contributed by atoms with van der Waals surface area (Å²) in [5, 5.41) is 0. The van der Waals surface area contributed by atoms with Gasteiger partial charge in [-0.05, 0) is 48.7 Å². The Hall–Kier alpha value is -2.07. The van der Waals surface area contributed by atoms with Crippen LogP contribution in [0.2, 0.25) is 0 Å². The van der Waals surface area contributed by atoms with Crippen molar-refractivity contribution in [3.8, 4) is 11.5 Å². The molecule has 2 aliphatic heterocycles. The molecule has 4 heteroatoms. The average molecular weight is 282 g/mol. The topological polar surface area (TPSA) is 34.6 Å². The number of pyridine rings is 1. The monoisotopic (exact) mass is 282 g/mol. The Labute approximate surface area is 124 Å². The molecule has 1 fully saturated rings. The summed E-state index contributed by atoms with van der Waals surface area (Å²) in [5.41, 5.74) is 2.59. The minimum absolute atomic E-state index is 0.336. The Kier molecular flexibility index (Phi) is 3.24. The number of rotatable bonds is 3. The van der Waals surface area contributed by atoms with Crippen molar-refractivity contribution in [2.45, 2.75) is 25.4 Å². The second-order valence-corrected chi connectivity index (χ2v) is 5.60. The highest BCUT2D eigenvalue weighted by atomic mass is 16.7. The van der Waals surface area contributed by atoms with Crippen LogP contribution in [0.25, 0.3) is 0 Å². The number of fused-ring (bicyclic) bond motifs is 1. The molecule has 21 heavy (non-hydrogen) atoms. The number of nitrogens with zero attached hydrogens (tertiary/aromatic N) is 2. The van der Waals surface area contributed by atoms with Gasteiger partial charge in [0, 0.05) is 25.0 Å². The van der Waals surface area contributed by atoms with E-state index >= 15 is 0 Å². The highest BCUT2D eigenvalue weighted by Gasteiger charge is 2.27. The van der Waals surface area contributed by atoms with Gasteiger partial charge in [0.25, 0.3) is 0 Å². The highest BCUT2D eigenvalue weighted by molar-refractivity contribution is 5.45. The maximum absolute atomic E-state index is 5.50. The molecular formula is C17H18N2O2. The predicted octanol–water partition coefficient (Wildman–Crippen LogP) is 3.15. The van der Waals surface area contributed by atoms with Crippen LogP contribution in [-0.4, -0.2) is 23.2 Å². The maximum atomic E-state index is 5.50. The largest absolute Gasteiger partial charge is 0.454 e. The standard InChI is InChI=1S/C17H18N2O2/c1-3-13(10-18-7-1)11-19-8-2-4-15(19)14-5-6-16-17(9-14)21-12-20-16/h1,3,5-7,9-10,15H,2,4,8,11-12H2. The van der Waals surface area contributed by atoms with Gasteiger partial charge in [-0.1, -0.05) is 12.1 Å². The third kappa shape index (κ3) is 2.47. The Morgan fingerprint density at radius 3 is 3.05 bits per heavy atom. The van der Waals surface area contributed by atoms with Crippen LogP contribution < -0.4 is 9.47 Å². The summed E-state index contributed by atoms with van der Waals surface area (Å²) in [4.78, 5) is 6.73. The van der Waals surface area contributed by atoms with E-state index < -0.39 is 0 Å². The van der Waals surface area contributed by atoms with Crippen LogP contribution in [-0.2, 0) is 6.54 Å². The summed E-state index contributed by atoms with van der Waals surface area (Å²) in [6.45, 7) is 2.42. The van der Waals surface area contributed by atoms with Gasteiger partial charge in [-0.25, -0.2) is 0 Å². The van der Waals surface area contributed by atoms with Crippen LogP contribution in [0, 0.1) is 0 Å². The molecular weight excluding hydrogens is 264 g/mol.